The maximum absolute atomic E-state index is 5.63. The molecule has 0 aromatic carbocycles. The van der Waals surface area contributed by atoms with Crippen LogP contribution in [0.2, 0.25) is 0 Å². The fraction of sp³-hybridized carbons (Fsp3) is 0.846. The van der Waals surface area contributed by atoms with Crippen LogP contribution in [0.5, 0.6) is 0 Å². The zero-order chi connectivity index (χ0) is 12.8. The first-order valence-electron chi connectivity index (χ1n) is 6.98. The molecule has 1 saturated carbocycles. The lowest BCUT2D eigenvalue weighted by Crippen LogP contribution is -2.16. The van der Waals surface area contributed by atoms with Crippen LogP contribution in [0.1, 0.15) is 57.3 Å². The third-order valence-corrected chi connectivity index (χ3v) is 3.10. The molecule has 1 aliphatic carbocycles. The molecule has 0 radical (unpaired) electrons. The molecular weight excluding hydrogens is 230 g/mol. The zero-order valence-electron chi connectivity index (χ0n) is 11.3. The van der Waals surface area contributed by atoms with Crippen LogP contribution >= 0.6 is 0 Å². The summed E-state index contributed by atoms with van der Waals surface area (Å²) in [4.78, 5) is 4.40. The van der Waals surface area contributed by atoms with E-state index in [1.54, 1.807) is 0 Å². The first-order valence-corrected chi connectivity index (χ1v) is 6.98. The van der Waals surface area contributed by atoms with Crippen LogP contribution in [0.25, 0.3) is 0 Å². The second kappa shape index (κ2) is 6.85. The highest BCUT2D eigenvalue weighted by atomic mass is 16.5. The molecular formula is C13H23N3O2. The molecule has 0 spiro atoms. The number of ether oxygens (including phenoxy) is 1. The Morgan fingerprint density at radius 1 is 1.44 bits per heavy atom. The van der Waals surface area contributed by atoms with Crippen molar-refractivity contribution in [3.05, 3.63) is 11.7 Å². The number of rotatable bonds is 9. The number of aromatic nitrogens is 2. The Morgan fingerprint density at radius 2 is 2.28 bits per heavy atom. The van der Waals surface area contributed by atoms with Gasteiger partial charge in [-0.1, -0.05) is 18.5 Å². The molecule has 1 heterocycles. The number of hydrogen-bond donors (Lipinski definition) is 1. The average molecular weight is 253 g/mol. The van der Waals surface area contributed by atoms with Gasteiger partial charge in [-0.3, -0.25) is 0 Å². The molecule has 5 heteroatoms. The van der Waals surface area contributed by atoms with Gasteiger partial charge in [0.2, 0.25) is 11.7 Å². The maximum atomic E-state index is 5.63. The summed E-state index contributed by atoms with van der Waals surface area (Å²) in [6.45, 7) is 6.51. The highest BCUT2D eigenvalue weighted by molar-refractivity contribution is 4.91. The average Bonchev–Trinajstić information content (AvgIpc) is 3.06. The lowest BCUT2D eigenvalue weighted by molar-refractivity contribution is 0.0477. The summed E-state index contributed by atoms with van der Waals surface area (Å²) in [7, 11) is 0. The van der Waals surface area contributed by atoms with E-state index in [0.717, 1.165) is 25.3 Å². The van der Waals surface area contributed by atoms with E-state index in [2.05, 4.69) is 22.4 Å². The normalized spacial score (nSPS) is 17.0. The molecule has 0 saturated heterocycles. The van der Waals surface area contributed by atoms with Gasteiger partial charge in [0.15, 0.2) is 0 Å². The third-order valence-electron chi connectivity index (χ3n) is 3.10. The molecule has 0 bridgehead atoms. The van der Waals surface area contributed by atoms with Crippen molar-refractivity contribution in [2.45, 2.75) is 52.2 Å². The first kappa shape index (κ1) is 13.5. The largest absolute Gasteiger partial charge is 0.370 e. The van der Waals surface area contributed by atoms with Crippen molar-refractivity contribution in [1.82, 2.24) is 15.5 Å². The lowest BCUT2D eigenvalue weighted by atomic mass is 10.2. The molecule has 1 N–H and O–H groups in total. The topological polar surface area (TPSA) is 60.2 Å². The van der Waals surface area contributed by atoms with E-state index in [1.807, 2.05) is 6.92 Å². The molecule has 2 rings (SSSR count). The number of nitrogens with zero attached hydrogens (tertiary/aromatic N) is 2. The monoisotopic (exact) mass is 253 g/mol. The highest BCUT2D eigenvalue weighted by Crippen LogP contribution is 2.27. The molecule has 1 aromatic rings. The Balaban J connectivity index is 1.81. The first-order chi connectivity index (χ1) is 8.83. The molecule has 0 aliphatic heterocycles. The smallest absolute Gasteiger partial charge is 0.240 e. The maximum Gasteiger partial charge on any atom is 0.240 e. The van der Waals surface area contributed by atoms with E-state index < -0.39 is 0 Å². The van der Waals surface area contributed by atoms with Crippen molar-refractivity contribution < 1.29 is 9.26 Å². The molecule has 5 nitrogen and oxygen atoms in total. The van der Waals surface area contributed by atoms with Crippen LogP contribution < -0.4 is 5.32 Å². The molecule has 1 atom stereocenters. The Bertz CT molecular complexity index is 344. The SMILES string of the molecule is CCCC(OCC)c1noc(CNCC2CC2)n1. The van der Waals surface area contributed by atoms with Gasteiger partial charge in [0.1, 0.15) is 6.10 Å². The molecule has 1 aromatic heterocycles. The van der Waals surface area contributed by atoms with Crippen molar-refractivity contribution >= 4 is 0 Å². The summed E-state index contributed by atoms with van der Waals surface area (Å²) in [5, 5.41) is 7.36. The van der Waals surface area contributed by atoms with Gasteiger partial charge in [0.25, 0.3) is 0 Å². The van der Waals surface area contributed by atoms with Gasteiger partial charge < -0.3 is 14.6 Å². The summed E-state index contributed by atoms with van der Waals surface area (Å²) < 4.78 is 10.9. The second-order valence-electron chi connectivity index (χ2n) is 4.85. The minimum atomic E-state index is -0.0269. The predicted octanol–water partition coefficient (Wildman–Crippen LogP) is 2.45. The van der Waals surface area contributed by atoms with Crippen LogP contribution in [-0.2, 0) is 11.3 Å². The molecule has 1 unspecified atom stereocenters. The van der Waals surface area contributed by atoms with Crippen LogP contribution in [0.15, 0.2) is 4.52 Å². The van der Waals surface area contributed by atoms with Crippen molar-refractivity contribution in [1.29, 1.82) is 0 Å². The van der Waals surface area contributed by atoms with E-state index in [1.165, 1.54) is 12.8 Å². The van der Waals surface area contributed by atoms with Crippen LogP contribution in [0.4, 0.5) is 0 Å². The number of nitrogens with one attached hydrogen (secondary N) is 1. The lowest BCUT2D eigenvalue weighted by Gasteiger charge is -2.11. The quantitative estimate of drug-likeness (QED) is 0.732. The Hall–Kier alpha value is -0.940. The van der Waals surface area contributed by atoms with Crippen LogP contribution in [0, 0.1) is 5.92 Å². The number of hydrogen-bond acceptors (Lipinski definition) is 5. The van der Waals surface area contributed by atoms with Crippen molar-refractivity contribution in [3.8, 4) is 0 Å². The summed E-state index contributed by atoms with van der Waals surface area (Å²) >= 11 is 0. The Labute approximate surface area is 108 Å². The van der Waals surface area contributed by atoms with E-state index in [-0.39, 0.29) is 6.10 Å². The van der Waals surface area contributed by atoms with Gasteiger partial charge in [-0.25, -0.2) is 0 Å². The van der Waals surface area contributed by atoms with Gasteiger partial charge in [-0.2, -0.15) is 4.98 Å². The van der Waals surface area contributed by atoms with Gasteiger partial charge in [-0.05, 0) is 38.6 Å². The summed E-state index contributed by atoms with van der Waals surface area (Å²) in [5.74, 6) is 2.21. The molecule has 1 fully saturated rings. The van der Waals surface area contributed by atoms with Gasteiger partial charge in [-0.15, -0.1) is 0 Å². The zero-order valence-corrected chi connectivity index (χ0v) is 11.3. The van der Waals surface area contributed by atoms with Gasteiger partial charge in [0, 0.05) is 6.61 Å². The molecule has 1 aliphatic rings. The highest BCUT2D eigenvalue weighted by Gasteiger charge is 2.21. The van der Waals surface area contributed by atoms with Crippen molar-refractivity contribution in [2.75, 3.05) is 13.2 Å². The standard InChI is InChI=1S/C13H23N3O2/c1-3-5-11(17-4-2)13-15-12(18-16-13)9-14-8-10-6-7-10/h10-11,14H,3-9H2,1-2H3. The molecule has 0 amide bonds. The summed E-state index contributed by atoms with van der Waals surface area (Å²) in [6.07, 6.45) is 4.66. The summed E-state index contributed by atoms with van der Waals surface area (Å²) in [5.41, 5.74) is 0. The minimum absolute atomic E-state index is 0.0269. The van der Waals surface area contributed by atoms with Crippen LogP contribution in [0.3, 0.4) is 0 Å². The second-order valence-corrected chi connectivity index (χ2v) is 4.85. The molecule has 102 valence electrons. The van der Waals surface area contributed by atoms with Gasteiger partial charge in [0.05, 0.1) is 6.54 Å². The van der Waals surface area contributed by atoms with E-state index in [0.29, 0.717) is 24.9 Å². The fourth-order valence-corrected chi connectivity index (χ4v) is 1.93. The van der Waals surface area contributed by atoms with Crippen LogP contribution in [-0.4, -0.2) is 23.3 Å². The van der Waals surface area contributed by atoms with E-state index in [4.69, 9.17) is 9.26 Å². The Morgan fingerprint density at radius 3 is 2.94 bits per heavy atom. The van der Waals surface area contributed by atoms with Crippen molar-refractivity contribution in [2.24, 2.45) is 5.92 Å². The van der Waals surface area contributed by atoms with Gasteiger partial charge >= 0.3 is 0 Å². The fourth-order valence-electron chi connectivity index (χ4n) is 1.93. The summed E-state index contributed by atoms with van der Waals surface area (Å²) in [6, 6.07) is 0. The van der Waals surface area contributed by atoms with E-state index >= 15 is 0 Å². The Kier molecular flexibility index (Phi) is 5.13. The minimum Gasteiger partial charge on any atom is -0.370 e. The predicted molar refractivity (Wildman–Crippen MR) is 68.0 cm³/mol. The van der Waals surface area contributed by atoms with E-state index in [9.17, 15) is 0 Å². The third kappa shape index (κ3) is 4.07. The van der Waals surface area contributed by atoms with Crippen molar-refractivity contribution in [3.63, 3.8) is 0 Å². The molecule has 18 heavy (non-hydrogen) atoms.